The number of halogens is 1. The number of hydrogen-bond acceptors (Lipinski definition) is 2. The molecule has 0 fully saturated rings. The Bertz CT molecular complexity index is 316. The monoisotopic (exact) mass is 244 g/mol. The van der Waals surface area contributed by atoms with E-state index in [9.17, 15) is 5.11 Å². The largest absolute Gasteiger partial charge is 0.389 e. The molecule has 1 aliphatic carbocycles. The van der Waals surface area contributed by atoms with Gasteiger partial charge >= 0.3 is 0 Å². The molecule has 1 aromatic heterocycles. The second-order valence-corrected chi connectivity index (χ2v) is 4.67. The van der Waals surface area contributed by atoms with E-state index in [0.29, 0.717) is 0 Å². The van der Waals surface area contributed by atoms with E-state index >= 15 is 0 Å². The maximum atomic E-state index is 9.30. The molecule has 0 radical (unpaired) electrons. The zero-order valence-electron chi connectivity index (χ0n) is 6.46. The molecule has 3 heteroatoms. The third-order valence-electron chi connectivity index (χ3n) is 2.01. The summed E-state index contributed by atoms with van der Waals surface area (Å²) in [7, 11) is 0. The Morgan fingerprint density at radius 3 is 2.92 bits per heavy atom. The molecule has 1 aromatic rings. The van der Waals surface area contributed by atoms with Gasteiger partial charge in [-0.3, -0.25) is 0 Å². The zero-order chi connectivity index (χ0) is 8.55. The minimum Gasteiger partial charge on any atom is -0.389 e. The lowest BCUT2D eigenvalue weighted by molar-refractivity contribution is 0.223. The van der Waals surface area contributed by atoms with Crippen LogP contribution in [0.4, 0.5) is 0 Å². The number of hydrogen-bond donors (Lipinski definition) is 1. The molecule has 0 spiro atoms. The van der Waals surface area contributed by atoms with E-state index in [-0.39, 0.29) is 6.10 Å². The van der Waals surface area contributed by atoms with Gasteiger partial charge in [0.15, 0.2) is 0 Å². The summed E-state index contributed by atoms with van der Waals surface area (Å²) in [6, 6.07) is 2.05. The van der Waals surface area contributed by atoms with Gasteiger partial charge in [-0.05, 0) is 45.8 Å². The molecule has 1 N–H and O–H groups in total. The topological polar surface area (TPSA) is 20.2 Å². The summed E-state index contributed by atoms with van der Waals surface area (Å²) in [6.45, 7) is 0. The highest BCUT2D eigenvalue weighted by Crippen LogP contribution is 2.36. The van der Waals surface area contributed by atoms with E-state index in [0.717, 1.165) is 17.3 Å². The Hall–Kier alpha value is -0.120. The van der Waals surface area contributed by atoms with Crippen LogP contribution in [-0.2, 0) is 0 Å². The lowest BCUT2D eigenvalue weighted by Gasteiger charge is -1.96. The Kier molecular flexibility index (Phi) is 2.35. The second kappa shape index (κ2) is 3.32. The van der Waals surface area contributed by atoms with Crippen molar-refractivity contribution in [3.63, 3.8) is 0 Å². The second-order valence-electron chi connectivity index (χ2n) is 2.90. The molecule has 0 aromatic carbocycles. The first-order valence-corrected chi connectivity index (χ1v) is 5.57. The van der Waals surface area contributed by atoms with Crippen molar-refractivity contribution in [2.75, 3.05) is 0 Å². The average molecular weight is 245 g/mol. The van der Waals surface area contributed by atoms with E-state index in [1.807, 2.05) is 12.1 Å². The van der Waals surface area contributed by atoms with Crippen molar-refractivity contribution < 1.29 is 5.11 Å². The fraction of sp³-hybridized carbons (Fsp3) is 0.333. The molecular formula is C9H9BrOS. The van der Waals surface area contributed by atoms with Crippen molar-refractivity contribution in [3.8, 4) is 0 Å². The van der Waals surface area contributed by atoms with Gasteiger partial charge in [0.25, 0.3) is 0 Å². The van der Waals surface area contributed by atoms with Gasteiger partial charge in [0, 0.05) is 9.35 Å². The first kappa shape index (κ1) is 8.48. The lowest BCUT2D eigenvalue weighted by Crippen LogP contribution is -1.93. The van der Waals surface area contributed by atoms with Gasteiger partial charge in [0.1, 0.15) is 0 Å². The van der Waals surface area contributed by atoms with Gasteiger partial charge in [0.05, 0.1) is 6.10 Å². The summed E-state index contributed by atoms with van der Waals surface area (Å²) >= 11 is 5.21. The molecule has 0 saturated heterocycles. The summed E-state index contributed by atoms with van der Waals surface area (Å²) in [5.74, 6) is 0. The minimum atomic E-state index is -0.228. The molecule has 1 nitrogen and oxygen atoms in total. The fourth-order valence-corrected chi connectivity index (χ4v) is 3.10. The van der Waals surface area contributed by atoms with Crippen molar-refractivity contribution in [2.45, 2.75) is 18.9 Å². The van der Waals surface area contributed by atoms with E-state index in [2.05, 4.69) is 21.3 Å². The van der Waals surface area contributed by atoms with Crippen molar-refractivity contribution >= 4 is 32.8 Å². The van der Waals surface area contributed by atoms with Crippen LogP contribution in [0.3, 0.4) is 0 Å². The van der Waals surface area contributed by atoms with Crippen LogP contribution in [-0.4, -0.2) is 11.2 Å². The van der Waals surface area contributed by atoms with Crippen molar-refractivity contribution in [2.24, 2.45) is 0 Å². The van der Waals surface area contributed by atoms with Gasteiger partial charge in [-0.2, -0.15) is 0 Å². The van der Waals surface area contributed by atoms with Crippen LogP contribution in [0, 0.1) is 0 Å². The zero-order valence-corrected chi connectivity index (χ0v) is 8.86. The average Bonchev–Trinajstić information content (AvgIpc) is 2.58. The number of aliphatic hydroxyl groups excluding tert-OH is 1. The number of allylic oxidation sites excluding steroid dienone is 1. The maximum Gasteiger partial charge on any atom is 0.0730 e. The first-order valence-electron chi connectivity index (χ1n) is 3.89. The molecule has 64 valence electrons. The highest BCUT2D eigenvalue weighted by Gasteiger charge is 2.16. The van der Waals surface area contributed by atoms with E-state index in [1.165, 1.54) is 10.5 Å². The summed E-state index contributed by atoms with van der Waals surface area (Å²) in [6.07, 6.45) is 3.60. The van der Waals surface area contributed by atoms with Crippen LogP contribution in [0.5, 0.6) is 0 Å². The van der Waals surface area contributed by atoms with Crippen LogP contribution in [0.15, 0.2) is 22.0 Å². The minimum absolute atomic E-state index is 0.228. The van der Waals surface area contributed by atoms with E-state index in [4.69, 9.17) is 0 Å². The Labute approximate surface area is 83.9 Å². The fourth-order valence-electron chi connectivity index (χ4n) is 1.41. The predicted octanol–water partition coefficient (Wildman–Crippen LogP) is 3.05. The molecule has 2 rings (SSSR count). The smallest absolute Gasteiger partial charge is 0.0730 e. The molecule has 0 aliphatic heterocycles. The van der Waals surface area contributed by atoms with Gasteiger partial charge in [-0.1, -0.05) is 6.08 Å². The SMILES string of the molecule is OC1C=C(c2sccc2Br)CC1. The van der Waals surface area contributed by atoms with Gasteiger partial charge in [0.2, 0.25) is 0 Å². The lowest BCUT2D eigenvalue weighted by atomic mass is 10.2. The first-order chi connectivity index (χ1) is 5.77. The van der Waals surface area contributed by atoms with Gasteiger partial charge < -0.3 is 5.11 Å². The molecule has 0 bridgehead atoms. The van der Waals surface area contributed by atoms with Crippen LogP contribution in [0.2, 0.25) is 0 Å². The van der Waals surface area contributed by atoms with Crippen LogP contribution in [0.1, 0.15) is 17.7 Å². The van der Waals surface area contributed by atoms with Crippen LogP contribution in [0.25, 0.3) is 5.57 Å². The molecule has 0 amide bonds. The predicted molar refractivity (Wildman–Crippen MR) is 55.2 cm³/mol. The summed E-state index contributed by atoms with van der Waals surface area (Å²) in [5.41, 5.74) is 1.28. The summed E-state index contributed by atoms with van der Waals surface area (Å²) in [4.78, 5) is 1.27. The number of aliphatic hydroxyl groups is 1. The Morgan fingerprint density at radius 2 is 2.42 bits per heavy atom. The van der Waals surface area contributed by atoms with Crippen molar-refractivity contribution in [1.82, 2.24) is 0 Å². The summed E-state index contributed by atoms with van der Waals surface area (Å²) in [5, 5.41) is 11.4. The molecule has 1 heterocycles. The highest BCUT2D eigenvalue weighted by atomic mass is 79.9. The van der Waals surface area contributed by atoms with Crippen molar-refractivity contribution in [1.29, 1.82) is 0 Å². The van der Waals surface area contributed by atoms with Gasteiger partial charge in [-0.25, -0.2) is 0 Å². The third-order valence-corrected chi connectivity index (χ3v) is 3.93. The van der Waals surface area contributed by atoms with E-state index < -0.39 is 0 Å². The maximum absolute atomic E-state index is 9.30. The Balaban J connectivity index is 2.32. The number of rotatable bonds is 1. The molecule has 1 atom stereocenters. The highest BCUT2D eigenvalue weighted by molar-refractivity contribution is 9.10. The molecular weight excluding hydrogens is 236 g/mol. The quantitative estimate of drug-likeness (QED) is 0.806. The molecule has 1 unspecified atom stereocenters. The standard InChI is InChI=1S/C9H9BrOS/c10-8-3-4-12-9(8)6-1-2-7(11)5-6/h3-5,7,11H,1-2H2. The van der Waals surface area contributed by atoms with Crippen LogP contribution < -0.4 is 0 Å². The molecule has 1 aliphatic rings. The van der Waals surface area contributed by atoms with Crippen LogP contribution >= 0.6 is 27.3 Å². The number of thiophene rings is 1. The molecule has 12 heavy (non-hydrogen) atoms. The van der Waals surface area contributed by atoms with Crippen molar-refractivity contribution in [3.05, 3.63) is 26.9 Å². The van der Waals surface area contributed by atoms with Gasteiger partial charge in [-0.15, -0.1) is 11.3 Å². The normalized spacial score (nSPS) is 22.8. The Morgan fingerprint density at radius 1 is 1.58 bits per heavy atom. The van der Waals surface area contributed by atoms with E-state index in [1.54, 1.807) is 11.3 Å². The third kappa shape index (κ3) is 1.49. The summed E-state index contributed by atoms with van der Waals surface area (Å²) < 4.78 is 1.15. The molecule has 0 saturated carbocycles.